The van der Waals surface area contributed by atoms with E-state index in [1.807, 2.05) is 25.1 Å². The molecule has 1 atom stereocenters. The third-order valence-electron chi connectivity index (χ3n) is 5.76. The van der Waals surface area contributed by atoms with Gasteiger partial charge in [-0.2, -0.15) is 0 Å². The Balaban J connectivity index is 2.14. The highest BCUT2D eigenvalue weighted by Gasteiger charge is 2.36. The first-order valence-electron chi connectivity index (χ1n) is 9.65. The van der Waals surface area contributed by atoms with Crippen molar-refractivity contribution in [1.82, 2.24) is 9.55 Å². The lowest BCUT2D eigenvalue weighted by Gasteiger charge is -2.30. The maximum absolute atomic E-state index is 12.5. The number of hydrogen-bond acceptors (Lipinski definition) is 5. The minimum atomic E-state index is -0.979. The van der Waals surface area contributed by atoms with Crippen molar-refractivity contribution in [3.8, 4) is 39.6 Å². The fraction of sp³-hybridized carbons (Fsp3) is 0.304. The van der Waals surface area contributed by atoms with Gasteiger partial charge in [-0.05, 0) is 44.0 Å². The number of pyridine rings is 1. The highest BCUT2D eigenvalue weighted by atomic mass is 16.5. The van der Waals surface area contributed by atoms with Crippen LogP contribution in [0.3, 0.4) is 0 Å². The van der Waals surface area contributed by atoms with Crippen LogP contribution in [-0.4, -0.2) is 42.0 Å². The molecule has 1 N–H and O–H groups in total. The number of fused-ring (bicyclic) bond motifs is 3. The summed E-state index contributed by atoms with van der Waals surface area (Å²) in [5, 5.41) is 10.2. The SMILES string of the molecule is COc1cc2c(c(OC)c1OC)CC(C)n1c(C)c(-c3ccncc3)c(C(=O)O)c1-2. The van der Waals surface area contributed by atoms with E-state index in [1.54, 1.807) is 33.7 Å². The normalized spacial score (nSPS) is 14.6. The molecule has 7 nitrogen and oxygen atoms in total. The van der Waals surface area contributed by atoms with E-state index in [0.29, 0.717) is 34.9 Å². The summed E-state index contributed by atoms with van der Waals surface area (Å²) in [5.74, 6) is 0.599. The fourth-order valence-electron chi connectivity index (χ4n) is 4.62. The van der Waals surface area contributed by atoms with Crippen LogP contribution < -0.4 is 14.2 Å². The molecule has 1 aliphatic rings. The number of carboxylic acid groups (broad SMARTS) is 1. The first-order chi connectivity index (χ1) is 14.4. The molecule has 0 radical (unpaired) electrons. The summed E-state index contributed by atoms with van der Waals surface area (Å²) in [6, 6.07) is 5.55. The second-order valence-electron chi connectivity index (χ2n) is 7.32. The number of benzene rings is 1. The standard InChI is InChI=1S/C23H24N2O5/c1-12-10-16-15(11-17(28-3)22(30-5)21(16)29-4)20-19(23(26)27)18(13(2)25(12)20)14-6-8-24-9-7-14/h6-9,11-12H,10H2,1-5H3,(H,26,27). The Labute approximate surface area is 174 Å². The molecule has 156 valence electrons. The zero-order chi connectivity index (χ0) is 21.6. The number of aromatic carboxylic acids is 1. The largest absolute Gasteiger partial charge is 0.493 e. The van der Waals surface area contributed by atoms with Crippen LogP contribution in [0.5, 0.6) is 17.2 Å². The Morgan fingerprint density at radius 2 is 1.80 bits per heavy atom. The van der Waals surface area contributed by atoms with Gasteiger partial charge >= 0.3 is 5.97 Å². The topological polar surface area (TPSA) is 82.8 Å². The second kappa shape index (κ2) is 7.40. The summed E-state index contributed by atoms with van der Waals surface area (Å²) in [6.07, 6.45) is 4.02. The van der Waals surface area contributed by atoms with Crippen molar-refractivity contribution in [2.45, 2.75) is 26.3 Å². The van der Waals surface area contributed by atoms with Gasteiger partial charge < -0.3 is 23.9 Å². The lowest BCUT2D eigenvalue weighted by molar-refractivity contribution is 0.0698. The van der Waals surface area contributed by atoms with Crippen LogP contribution in [0.1, 0.15) is 34.6 Å². The summed E-state index contributed by atoms with van der Waals surface area (Å²) in [7, 11) is 4.71. The molecule has 1 unspecified atom stereocenters. The lowest BCUT2D eigenvalue weighted by Crippen LogP contribution is -2.19. The molecule has 0 saturated carbocycles. The molecule has 7 heteroatoms. The van der Waals surface area contributed by atoms with E-state index in [-0.39, 0.29) is 11.6 Å². The van der Waals surface area contributed by atoms with Gasteiger partial charge in [-0.1, -0.05) is 0 Å². The monoisotopic (exact) mass is 408 g/mol. The molecule has 4 rings (SSSR count). The van der Waals surface area contributed by atoms with Crippen LogP contribution in [0.2, 0.25) is 0 Å². The summed E-state index contributed by atoms with van der Waals surface area (Å²) in [4.78, 5) is 16.6. The van der Waals surface area contributed by atoms with E-state index in [4.69, 9.17) is 14.2 Å². The molecule has 1 aromatic carbocycles. The average Bonchev–Trinajstić information content (AvgIpc) is 3.07. The smallest absolute Gasteiger partial charge is 0.338 e. The zero-order valence-electron chi connectivity index (χ0n) is 17.6. The summed E-state index contributed by atoms with van der Waals surface area (Å²) in [6.45, 7) is 4.04. The molecule has 0 fully saturated rings. The number of aromatic nitrogens is 2. The van der Waals surface area contributed by atoms with Crippen molar-refractivity contribution in [3.63, 3.8) is 0 Å². The minimum absolute atomic E-state index is 0.0354. The van der Waals surface area contributed by atoms with Gasteiger partial charge in [-0.15, -0.1) is 0 Å². The Morgan fingerprint density at radius 1 is 1.13 bits per heavy atom. The van der Waals surface area contributed by atoms with Crippen molar-refractivity contribution < 1.29 is 24.1 Å². The Hall–Kier alpha value is -3.48. The van der Waals surface area contributed by atoms with E-state index >= 15 is 0 Å². The minimum Gasteiger partial charge on any atom is -0.493 e. The first kappa shape index (κ1) is 19.8. The van der Waals surface area contributed by atoms with Gasteiger partial charge in [0.25, 0.3) is 0 Å². The van der Waals surface area contributed by atoms with Gasteiger partial charge in [0, 0.05) is 40.8 Å². The maximum atomic E-state index is 12.5. The molecule has 0 saturated heterocycles. The van der Waals surface area contributed by atoms with Gasteiger partial charge in [0.1, 0.15) is 0 Å². The van der Waals surface area contributed by atoms with Gasteiger partial charge in [-0.25, -0.2) is 4.79 Å². The molecule has 3 heterocycles. The van der Waals surface area contributed by atoms with Gasteiger partial charge in [0.2, 0.25) is 5.75 Å². The highest BCUT2D eigenvalue weighted by molar-refractivity contribution is 6.05. The van der Waals surface area contributed by atoms with E-state index < -0.39 is 5.97 Å². The number of carbonyl (C=O) groups is 1. The molecule has 0 amide bonds. The van der Waals surface area contributed by atoms with Gasteiger partial charge in [-0.3, -0.25) is 4.98 Å². The fourth-order valence-corrected chi connectivity index (χ4v) is 4.62. The van der Waals surface area contributed by atoms with Gasteiger partial charge in [0.15, 0.2) is 11.5 Å². The van der Waals surface area contributed by atoms with Crippen LogP contribution in [0.25, 0.3) is 22.4 Å². The molecule has 1 aliphatic heterocycles. The highest BCUT2D eigenvalue weighted by Crippen LogP contribution is 2.52. The predicted octanol–water partition coefficient (Wildman–Crippen LogP) is 4.37. The Morgan fingerprint density at radius 3 is 2.37 bits per heavy atom. The van der Waals surface area contributed by atoms with E-state index in [1.165, 1.54) is 0 Å². The number of ether oxygens (including phenoxy) is 3. The van der Waals surface area contributed by atoms with E-state index in [2.05, 4.69) is 16.5 Å². The molecule has 0 aliphatic carbocycles. The number of carboxylic acids is 1. The Kier molecular flexibility index (Phi) is 4.89. The number of methoxy groups -OCH3 is 3. The molecule has 3 aromatic rings. The molecule has 30 heavy (non-hydrogen) atoms. The molecular formula is C23H24N2O5. The lowest BCUT2D eigenvalue weighted by atomic mass is 9.90. The van der Waals surface area contributed by atoms with Crippen molar-refractivity contribution in [2.75, 3.05) is 21.3 Å². The predicted molar refractivity (Wildman–Crippen MR) is 113 cm³/mol. The number of rotatable bonds is 5. The zero-order valence-corrected chi connectivity index (χ0v) is 17.6. The van der Waals surface area contributed by atoms with E-state index in [9.17, 15) is 9.90 Å². The number of nitrogens with zero attached hydrogens (tertiary/aromatic N) is 2. The van der Waals surface area contributed by atoms with Crippen LogP contribution in [0.15, 0.2) is 30.6 Å². The summed E-state index contributed by atoms with van der Waals surface area (Å²) in [5.41, 5.74) is 5.04. The Bertz CT molecular complexity index is 1130. The molecule has 2 aromatic heterocycles. The summed E-state index contributed by atoms with van der Waals surface area (Å²) >= 11 is 0. The van der Waals surface area contributed by atoms with E-state index in [0.717, 1.165) is 22.4 Å². The first-order valence-corrected chi connectivity index (χ1v) is 9.65. The third-order valence-corrected chi connectivity index (χ3v) is 5.76. The van der Waals surface area contributed by atoms with Crippen molar-refractivity contribution in [1.29, 1.82) is 0 Å². The molecule has 0 bridgehead atoms. The van der Waals surface area contributed by atoms with Crippen LogP contribution >= 0.6 is 0 Å². The van der Waals surface area contributed by atoms with Gasteiger partial charge in [0.05, 0.1) is 32.6 Å². The third kappa shape index (κ3) is 2.73. The van der Waals surface area contributed by atoms with Crippen molar-refractivity contribution >= 4 is 5.97 Å². The van der Waals surface area contributed by atoms with Crippen molar-refractivity contribution in [3.05, 3.63) is 47.4 Å². The quantitative estimate of drug-likeness (QED) is 0.675. The maximum Gasteiger partial charge on any atom is 0.338 e. The summed E-state index contributed by atoms with van der Waals surface area (Å²) < 4.78 is 18.9. The molecule has 0 spiro atoms. The van der Waals surface area contributed by atoms with Crippen LogP contribution in [0, 0.1) is 6.92 Å². The average molecular weight is 408 g/mol. The number of hydrogen-bond donors (Lipinski definition) is 1. The van der Waals surface area contributed by atoms with Crippen LogP contribution in [0.4, 0.5) is 0 Å². The molecular weight excluding hydrogens is 384 g/mol. The van der Waals surface area contributed by atoms with Crippen molar-refractivity contribution in [2.24, 2.45) is 0 Å². The second-order valence-corrected chi connectivity index (χ2v) is 7.32. The van der Waals surface area contributed by atoms with Crippen LogP contribution in [-0.2, 0) is 6.42 Å².